The second-order valence-electron chi connectivity index (χ2n) is 5.25. The van der Waals surface area contributed by atoms with E-state index >= 15 is 0 Å². The van der Waals surface area contributed by atoms with E-state index in [1.807, 2.05) is 19.1 Å². The molecule has 3 rings (SSSR count). The number of aromatic nitrogens is 2. The molecule has 1 aliphatic rings. The van der Waals surface area contributed by atoms with Crippen LogP contribution in [0.3, 0.4) is 0 Å². The standard InChI is InChI=1S/C16H20N4O3/c1-2-13-14(19-11-23-13)16(21)18-10-12-4-3-5-17-15(12)20-6-8-22-9-7-20/h3-5,11H,2,6-10H2,1H3,(H,18,21). The quantitative estimate of drug-likeness (QED) is 0.898. The number of rotatable bonds is 5. The molecule has 1 aliphatic heterocycles. The molecule has 1 amide bonds. The largest absolute Gasteiger partial charge is 0.448 e. The lowest BCUT2D eigenvalue weighted by atomic mass is 10.2. The lowest BCUT2D eigenvalue weighted by Crippen LogP contribution is -2.37. The number of carbonyl (C=O) groups is 1. The number of pyridine rings is 1. The van der Waals surface area contributed by atoms with E-state index in [-0.39, 0.29) is 5.91 Å². The highest BCUT2D eigenvalue weighted by Crippen LogP contribution is 2.18. The lowest BCUT2D eigenvalue weighted by molar-refractivity contribution is 0.0944. The average Bonchev–Trinajstić information content (AvgIpc) is 3.09. The van der Waals surface area contributed by atoms with Gasteiger partial charge < -0.3 is 19.4 Å². The van der Waals surface area contributed by atoms with Crippen LogP contribution in [0.15, 0.2) is 29.1 Å². The molecule has 0 radical (unpaired) electrons. The Morgan fingerprint density at radius 2 is 2.17 bits per heavy atom. The molecule has 23 heavy (non-hydrogen) atoms. The minimum Gasteiger partial charge on any atom is -0.448 e. The predicted octanol–water partition coefficient (Wildman–Crippen LogP) is 1.40. The van der Waals surface area contributed by atoms with Crippen LogP contribution in [0.4, 0.5) is 5.82 Å². The van der Waals surface area contributed by atoms with Crippen molar-refractivity contribution in [2.75, 3.05) is 31.2 Å². The van der Waals surface area contributed by atoms with E-state index < -0.39 is 0 Å². The zero-order chi connectivity index (χ0) is 16.1. The number of hydrogen-bond acceptors (Lipinski definition) is 6. The minimum atomic E-state index is -0.229. The van der Waals surface area contributed by atoms with Crippen LogP contribution in [0.5, 0.6) is 0 Å². The van der Waals surface area contributed by atoms with Gasteiger partial charge in [0.15, 0.2) is 12.1 Å². The van der Waals surface area contributed by atoms with E-state index in [4.69, 9.17) is 9.15 Å². The molecule has 7 nitrogen and oxygen atoms in total. The topological polar surface area (TPSA) is 80.5 Å². The first kappa shape index (κ1) is 15.5. The Kier molecular flexibility index (Phi) is 4.87. The van der Waals surface area contributed by atoms with Gasteiger partial charge in [-0.1, -0.05) is 13.0 Å². The second kappa shape index (κ2) is 7.23. The second-order valence-corrected chi connectivity index (χ2v) is 5.25. The predicted molar refractivity (Wildman–Crippen MR) is 84.3 cm³/mol. The molecular formula is C16H20N4O3. The SMILES string of the molecule is CCc1ocnc1C(=O)NCc1cccnc1N1CCOCC1. The molecule has 0 unspecified atom stereocenters. The van der Waals surface area contributed by atoms with Crippen molar-refractivity contribution in [3.63, 3.8) is 0 Å². The molecule has 0 bridgehead atoms. The molecular weight excluding hydrogens is 296 g/mol. The summed E-state index contributed by atoms with van der Waals surface area (Å²) in [7, 11) is 0. The van der Waals surface area contributed by atoms with Gasteiger partial charge >= 0.3 is 0 Å². The first-order valence-electron chi connectivity index (χ1n) is 7.76. The molecule has 0 atom stereocenters. The normalized spacial score (nSPS) is 14.7. The fourth-order valence-corrected chi connectivity index (χ4v) is 2.59. The van der Waals surface area contributed by atoms with Crippen molar-refractivity contribution in [1.29, 1.82) is 0 Å². The van der Waals surface area contributed by atoms with Gasteiger partial charge in [0.25, 0.3) is 5.91 Å². The van der Waals surface area contributed by atoms with E-state index in [0.29, 0.717) is 37.6 Å². The zero-order valence-electron chi connectivity index (χ0n) is 13.1. The van der Waals surface area contributed by atoms with Gasteiger partial charge in [0.1, 0.15) is 11.6 Å². The molecule has 3 heterocycles. The number of amides is 1. The summed E-state index contributed by atoms with van der Waals surface area (Å²) in [4.78, 5) is 22.9. The van der Waals surface area contributed by atoms with Crippen LogP contribution in [0, 0.1) is 0 Å². The molecule has 0 aliphatic carbocycles. The van der Waals surface area contributed by atoms with Gasteiger partial charge in [0.05, 0.1) is 13.2 Å². The molecule has 0 aromatic carbocycles. The Labute approximate surface area is 134 Å². The van der Waals surface area contributed by atoms with Crippen LogP contribution < -0.4 is 10.2 Å². The zero-order valence-corrected chi connectivity index (χ0v) is 13.1. The van der Waals surface area contributed by atoms with Crippen molar-refractivity contribution < 1.29 is 13.9 Å². The maximum Gasteiger partial charge on any atom is 0.273 e. The summed E-state index contributed by atoms with van der Waals surface area (Å²) in [5.41, 5.74) is 1.33. The van der Waals surface area contributed by atoms with Crippen LogP contribution in [0.1, 0.15) is 28.7 Å². The Bertz CT molecular complexity index is 665. The first-order valence-corrected chi connectivity index (χ1v) is 7.76. The van der Waals surface area contributed by atoms with Gasteiger partial charge in [-0.15, -0.1) is 0 Å². The van der Waals surface area contributed by atoms with Crippen molar-refractivity contribution in [1.82, 2.24) is 15.3 Å². The molecule has 122 valence electrons. The summed E-state index contributed by atoms with van der Waals surface area (Å²) >= 11 is 0. The first-order chi connectivity index (χ1) is 11.3. The summed E-state index contributed by atoms with van der Waals surface area (Å²) in [5, 5.41) is 2.90. The van der Waals surface area contributed by atoms with E-state index in [2.05, 4.69) is 20.2 Å². The van der Waals surface area contributed by atoms with E-state index in [1.54, 1.807) is 6.20 Å². The third-order valence-corrected chi connectivity index (χ3v) is 3.79. The summed E-state index contributed by atoms with van der Waals surface area (Å²) in [6.45, 7) is 5.33. The van der Waals surface area contributed by atoms with Gasteiger partial charge in [-0.05, 0) is 6.07 Å². The lowest BCUT2D eigenvalue weighted by Gasteiger charge is -2.29. The number of oxazole rings is 1. The van der Waals surface area contributed by atoms with Gasteiger partial charge in [-0.2, -0.15) is 0 Å². The van der Waals surface area contributed by atoms with Gasteiger partial charge in [-0.25, -0.2) is 9.97 Å². The number of morpholine rings is 1. The van der Waals surface area contributed by atoms with Crippen LogP contribution in [-0.2, 0) is 17.7 Å². The van der Waals surface area contributed by atoms with Crippen molar-refractivity contribution in [3.8, 4) is 0 Å². The molecule has 0 saturated carbocycles. The summed E-state index contributed by atoms with van der Waals surface area (Å²) in [6.07, 6.45) is 3.70. The van der Waals surface area contributed by atoms with Crippen LogP contribution in [-0.4, -0.2) is 42.2 Å². The number of nitrogens with zero attached hydrogens (tertiary/aromatic N) is 3. The smallest absolute Gasteiger partial charge is 0.273 e. The maximum atomic E-state index is 12.3. The average molecular weight is 316 g/mol. The fourth-order valence-electron chi connectivity index (χ4n) is 2.59. The molecule has 1 N–H and O–H groups in total. The van der Waals surface area contributed by atoms with Gasteiger partial charge in [0, 0.05) is 37.8 Å². The van der Waals surface area contributed by atoms with E-state index in [0.717, 1.165) is 24.5 Å². The maximum absolute atomic E-state index is 12.3. The summed E-state index contributed by atoms with van der Waals surface area (Å²) in [6, 6.07) is 3.85. The van der Waals surface area contributed by atoms with Crippen molar-refractivity contribution >= 4 is 11.7 Å². The molecule has 1 fully saturated rings. The number of hydrogen-bond donors (Lipinski definition) is 1. The van der Waals surface area contributed by atoms with Crippen molar-refractivity contribution in [3.05, 3.63) is 41.7 Å². The Morgan fingerprint density at radius 1 is 1.35 bits per heavy atom. The van der Waals surface area contributed by atoms with Gasteiger partial charge in [0.2, 0.25) is 0 Å². The number of ether oxygens (including phenoxy) is 1. The van der Waals surface area contributed by atoms with Gasteiger partial charge in [-0.3, -0.25) is 4.79 Å². The molecule has 2 aromatic heterocycles. The number of anilines is 1. The van der Waals surface area contributed by atoms with Crippen LogP contribution in [0.25, 0.3) is 0 Å². The highest BCUT2D eigenvalue weighted by Gasteiger charge is 2.18. The third-order valence-electron chi connectivity index (χ3n) is 3.79. The summed E-state index contributed by atoms with van der Waals surface area (Å²) < 4.78 is 10.6. The monoisotopic (exact) mass is 316 g/mol. The molecule has 2 aromatic rings. The Hall–Kier alpha value is -2.41. The van der Waals surface area contributed by atoms with Crippen LogP contribution >= 0.6 is 0 Å². The van der Waals surface area contributed by atoms with E-state index in [9.17, 15) is 4.79 Å². The van der Waals surface area contributed by atoms with Crippen molar-refractivity contribution in [2.24, 2.45) is 0 Å². The number of nitrogens with one attached hydrogen (secondary N) is 1. The molecule has 1 saturated heterocycles. The molecule has 7 heteroatoms. The van der Waals surface area contributed by atoms with Crippen LogP contribution in [0.2, 0.25) is 0 Å². The minimum absolute atomic E-state index is 0.229. The highest BCUT2D eigenvalue weighted by molar-refractivity contribution is 5.93. The Balaban J connectivity index is 1.69. The van der Waals surface area contributed by atoms with E-state index in [1.165, 1.54) is 6.39 Å². The third kappa shape index (κ3) is 3.50. The Morgan fingerprint density at radius 3 is 2.96 bits per heavy atom. The fraction of sp³-hybridized carbons (Fsp3) is 0.438. The molecule has 0 spiro atoms. The summed E-state index contributed by atoms with van der Waals surface area (Å²) in [5.74, 6) is 1.27. The number of carbonyl (C=O) groups excluding carboxylic acids is 1. The number of aryl methyl sites for hydroxylation is 1. The van der Waals surface area contributed by atoms with Crippen molar-refractivity contribution in [2.45, 2.75) is 19.9 Å². The highest BCUT2D eigenvalue weighted by atomic mass is 16.5.